The second-order valence-corrected chi connectivity index (χ2v) is 5.30. The zero-order chi connectivity index (χ0) is 15.5. The van der Waals surface area contributed by atoms with Crippen LogP contribution >= 0.6 is 0 Å². The molecule has 0 fully saturated rings. The molecule has 3 aromatic rings. The predicted molar refractivity (Wildman–Crippen MR) is 90.1 cm³/mol. The Morgan fingerprint density at radius 2 is 1.68 bits per heavy atom. The number of carbonyl (C=O) groups is 1. The molecule has 3 aromatic carbocycles. The fourth-order valence-electron chi connectivity index (χ4n) is 2.68. The summed E-state index contributed by atoms with van der Waals surface area (Å²) < 4.78 is 5.22. The van der Waals surface area contributed by atoms with Crippen molar-refractivity contribution < 1.29 is 9.53 Å². The van der Waals surface area contributed by atoms with Gasteiger partial charge in [-0.05, 0) is 36.2 Å². The zero-order valence-corrected chi connectivity index (χ0v) is 12.8. The highest BCUT2D eigenvalue weighted by Gasteiger charge is 2.16. The van der Waals surface area contributed by atoms with Crippen molar-refractivity contribution in [2.75, 3.05) is 6.61 Å². The second kappa shape index (κ2) is 6.02. The number of rotatable bonds is 3. The summed E-state index contributed by atoms with van der Waals surface area (Å²) in [6, 6.07) is 20.2. The van der Waals surface area contributed by atoms with Crippen LogP contribution < -0.4 is 0 Å². The molecule has 2 nitrogen and oxygen atoms in total. The topological polar surface area (TPSA) is 26.3 Å². The van der Waals surface area contributed by atoms with Crippen molar-refractivity contribution in [3.63, 3.8) is 0 Å². The molecule has 0 bridgehead atoms. The minimum Gasteiger partial charge on any atom is -0.462 e. The summed E-state index contributed by atoms with van der Waals surface area (Å²) in [6.07, 6.45) is 0. The molecule has 0 unspecified atom stereocenters. The van der Waals surface area contributed by atoms with Crippen molar-refractivity contribution in [3.05, 3.63) is 71.8 Å². The molecule has 2 heteroatoms. The minimum absolute atomic E-state index is 0.274. The maximum absolute atomic E-state index is 12.3. The summed E-state index contributed by atoms with van der Waals surface area (Å²) in [5.41, 5.74) is 3.79. The fraction of sp³-hybridized carbons (Fsp3) is 0.150. The molecule has 0 aromatic heterocycles. The molecule has 3 rings (SSSR count). The Hall–Kier alpha value is -2.61. The maximum atomic E-state index is 12.3. The van der Waals surface area contributed by atoms with E-state index in [0.717, 1.165) is 21.9 Å². The largest absolute Gasteiger partial charge is 0.462 e. The molecule has 110 valence electrons. The van der Waals surface area contributed by atoms with E-state index in [9.17, 15) is 4.79 Å². The molecule has 0 spiro atoms. The first-order valence-electron chi connectivity index (χ1n) is 7.46. The highest BCUT2D eigenvalue weighted by Crippen LogP contribution is 2.33. The molecule has 22 heavy (non-hydrogen) atoms. The van der Waals surface area contributed by atoms with Gasteiger partial charge in [0.25, 0.3) is 0 Å². The van der Waals surface area contributed by atoms with E-state index in [-0.39, 0.29) is 5.97 Å². The lowest BCUT2D eigenvalue weighted by molar-refractivity contribution is 0.0527. The first-order valence-corrected chi connectivity index (χ1v) is 7.46. The first kappa shape index (κ1) is 14.3. The Balaban J connectivity index is 2.29. The lowest BCUT2D eigenvalue weighted by atomic mass is 9.93. The van der Waals surface area contributed by atoms with Gasteiger partial charge in [0.15, 0.2) is 0 Å². The third kappa shape index (κ3) is 2.60. The highest BCUT2D eigenvalue weighted by molar-refractivity contribution is 6.08. The Labute approximate surface area is 130 Å². The number of aryl methyl sites for hydroxylation is 1. The summed E-state index contributed by atoms with van der Waals surface area (Å²) in [4.78, 5) is 12.3. The van der Waals surface area contributed by atoms with Crippen molar-refractivity contribution in [2.45, 2.75) is 13.8 Å². The van der Waals surface area contributed by atoms with Crippen molar-refractivity contribution in [2.24, 2.45) is 0 Å². The van der Waals surface area contributed by atoms with E-state index in [1.54, 1.807) is 0 Å². The van der Waals surface area contributed by atoms with E-state index in [1.807, 2.05) is 37.3 Å². The molecule has 0 atom stereocenters. The lowest BCUT2D eigenvalue weighted by Gasteiger charge is -2.13. The van der Waals surface area contributed by atoms with Crippen LogP contribution in [-0.2, 0) is 4.74 Å². The normalized spacial score (nSPS) is 10.6. The summed E-state index contributed by atoms with van der Waals surface area (Å²) in [5, 5.41) is 2.18. The van der Waals surface area contributed by atoms with E-state index in [4.69, 9.17) is 4.74 Å². The SMILES string of the molecule is CCOC(=O)c1ccc2ccccc2c1-c1ccc(C)cc1. The van der Waals surface area contributed by atoms with Gasteiger partial charge in [-0.1, -0.05) is 60.2 Å². The van der Waals surface area contributed by atoms with Crippen LogP contribution in [0.25, 0.3) is 21.9 Å². The summed E-state index contributed by atoms with van der Waals surface area (Å²) >= 11 is 0. The standard InChI is InChI=1S/C20H18O2/c1-3-22-20(21)18-13-12-15-6-4-5-7-17(15)19(18)16-10-8-14(2)9-11-16/h4-13H,3H2,1-2H3. The third-order valence-corrected chi connectivity index (χ3v) is 3.76. The molecule has 0 aliphatic heterocycles. The number of fused-ring (bicyclic) bond motifs is 1. The Bertz CT molecular complexity index is 817. The Kier molecular flexibility index (Phi) is 3.92. The molecule has 0 saturated heterocycles. The second-order valence-electron chi connectivity index (χ2n) is 5.30. The van der Waals surface area contributed by atoms with Crippen LogP contribution in [-0.4, -0.2) is 12.6 Å². The van der Waals surface area contributed by atoms with Gasteiger partial charge >= 0.3 is 5.97 Å². The van der Waals surface area contributed by atoms with E-state index < -0.39 is 0 Å². The van der Waals surface area contributed by atoms with Crippen LogP contribution in [0.4, 0.5) is 0 Å². The summed E-state index contributed by atoms with van der Waals surface area (Å²) in [5.74, 6) is -0.274. The van der Waals surface area contributed by atoms with Crippen LogP contribution in [0.1, 0.15) is 22.8 Å². The minimum atomic E-state index is -0.274. The van der Waals surface area contributed by atoms with Gasteiger partial charge < -0.3 is 4.74 Å². The van der Waals surface area contributed by atoms with Crippen LogP contribution in [0.5, 0.6) is 0 Å². The number of esters is 1. The smallest absolute Gasteiger partial charge is 0.338 e. The van der Waals surface area contributed by atoms with Crippen LogP contribution in [0.2, 0.25) is 0 Å². The summed E-state index contributed by atoms with van der Waals surface area (Å²) in [6.45, 7) is 4.25. The van der Waals surface area contributed by atoms with E-state index in [0.29, 0.717) is 12.2 Å². The van der Waals surface area contributed by atoms with Crippen molar-refractivity contribution in [3.8, 4) is 11.1 Å². The molecule has 0 amide bonds. The van der Waals surface area contributed by atoms with Crippen molar-refractivity contribution in [1.82, 2.24) is 0 Å². The van der Waals surface area contributed by atoms with Gasteiger partial charge in [0.05, 0.1) is 12.2 Å². The molecule has 0 N–H and O–H groups in total. The van der Waals surface area contributed by atoms with Crippen LogP contribution in [0.3, 0.4) is 0 Å². The Morgan fingerprint density at radius 1 is 0.955 bits per heavy atom. The number of hydrogen-bond donors (Lipinski definition) is 0. The monoisotopic (exact) mass is 290 g/mol. The predicted octanol–water partition coefficient (Wildman–Crippen LogP) is 4.99. The van der Waals surface area contributed by atoms with Gasteiger partial charge in [0.2, 0.25) is 0 Å². The lowest BCUT2D eigenvalue weighted by Crippen LogP contribution is -2.06. The third-order valence-electron chi connectivity index (χ3n) is 3.76. The van der Waals surface area contributed by atoms with Gasteiger partial charge in [-0.15, -0.1) is 0 Å². The Morgan fingerprint density at radius 3 is 2.41 bits per heavy atom. The first-order chi connectivity index (χ1) is 10.7. The maximum Gasteiger partial charge on any atom is 0.338 e. The average molecular weight is 290 g/mol. The van der Waals surface area contributed by atoms with Crippen molar-refractivity contribution >= 4 is 16.7 Å². The van der Waals surface area contributed by atoms with E-state index in [2.05, 4.69) is 37.3 Å². The van der Waals surface area contributed by atoms with Crippen molar-refractivity contribution in [1.29, 1.82) is 0 Å². The number of carbonyl (C=O) groups excluding carboxylic acids is 1. The van der Waals surface area contributed by atoms with Gasteiger partial charge in [0, 0.05) is 5.56 Å². The molecule has 0 aliphatic rings. The number of hydrogen-bond acceptors (Lipinski definition) is 2. The molecule has 0 saturated carbocycles. The molecular formula is C20H18O2. The molecule has 0 aliphatic carbocycles. The van der Waals surface area contributed by atoms with Gasteiger partial charge in [0.1, 0.15) is 0 Å². The van der Waals surface area contributed by atoms with E-state index >= 15 is 0 Å². The number of benzene rings is 3. The zero-order valence-electron chi connectivity index (χ0n) is 12.8. The van der Waals surface area contributed by atoms with Gasteiger partial charge in [-0.2, -0.15) is 0 Å². The van der Waals surface area contributed by atoms with Gasteiger partial charge in [-0.25, -0.2) is 4.79 Å². The average Bonchev–Trinajstić information content (AvgIpc) is 2.55. The highest BCUT2D eigenvalue weighted by atomic mass is 16.5. The number of ether oxygens (including phenoxy) is 1. The fourth-order valence-corrected chi connectivity index (χ4v) is 2.68. The summed E-state index contributed by atoms with van der Waals surface area (Å²) in [7, 11) is 0. The molecule has 0 heterocycles. The van der Waals surface area contributed by atoms with E-state index in [1.165, 1.54) is 5.56 Å². The van der Waals surface area contributed by atoms with Gasteiger partial charge in [-0.3, -0.25) is 0 Å². The molecular weight excluding hydrogens is 272 g/mol. The van der Waals surface area contributed by atoms with Crippen LogP contribution in [0, 0.1) is 6.92 Å². The molecule has 0 radical (unpaired) electrons. The van der Waals surface area contributed by atoms with Crippen LogP contribution in [0.15, 0.2) is 60.7 Å². The quantitative estimate of drug-likeness (QED) is 0.635.